The summed E-state index contributed by atoms with van der Waals surface area (Å²) in [5, 5.41) is 1.24. The molecule has 1 aliphatic carbocycles. The van der Waals surface area contributed by atoms with E-state index < -0.39 is 0 Å². The Kier molecular flexibility index (Phi) is 2.37. The van der Waals surface area contributed by atoms with Crippen LogP contribution in [-0.4, -0.2) is 10.8 Å². The van der Waals surface area contributed by atoms with Gasteiger partial charge in [0.15, 0.2) is 5.78 Å². The Balaban J connectivity index is 2.25. The molecule has 0 amide bonds. The SMILES string of the molecule is CC(C)(C)c1ccc2[nH]c3c(c2c1)CCCC3=O. The van der Waals surface area contributed by atoms with Gasteiger partial charge in [0.25, 0.3) is 0 Å². The quantitative estimate of drug-likeness (QED) is 0.743. The zero-order valence-electron chi connectivity index (χ0n) is 11.3. The highest BCUT2D eigenvalue weighted by molar-refractivity contribution is 6.03. The van der Waals surface area contributed by atoms with Gasteiger partial charge in [-0.2, -0.15) is 0 Å². The zero-order chi connectivity index (χ0) is 12.9. The molecule has 0 aliphatic heterocycles. The molecule has 0 atom stereocenters. The molecule has 1 aromatic heterocycles. The maximum atomic E-state index is 11.9. The number of hydrogen-bond donors (Lipinski definition) is 1. The molecule has 3 rings (SSSR count). The first-order valence-electron chi connectivity index (χ1n) is 6.65. The van der Waals surface area contributed by atoms with Gasteiger partial charge in [-0.25, -0.2) is 0 Å². The van der Waals surface area contributed by atoms with Crippen molar-refractivity contribution in [3.8, 4) is 0 Å². The molecule has 0 radical (unpaired) electrons. The minimum absolute atomic E-state index is 0.150. The molecule has 1 aliphatic rings. The van der Waals surface area contributed by atoms with Crippen LogP contribution < -0.4 is 0 Å². The average Bonchev–Trinajstić information content (AvgIpc) is 2.67. The van der Waals surface area contributed by atoms with Gasteiger partial charge in [-0.15, -0.1) is 0 Å². The second-order valence-electron chi connectivity index (χ2n) is 6.27. The van der Waals surface area contributed by atoms with E-state index in [1.807, 2.05) is 0 Å². The Morgan fingerprint density at radius 1 is 1.17 bits per heavy atom. The lowest BCUT2D eigenvalue weighted by molar-refractivity contribution is 0.0968. The van der Waals surface area contributed by atoms with Crippen molar-refractivity contribution < 1.29 is 4.79 Å². The van der Waals surface area contributed by atoms with Crippen LogP contribution >= 0.6 is 0 Å². The molecule has 1 heterocycles. The molecule has 0 bridgehead atoms. The van der Waals surface area contributed by atoms with E-state index >= 15 is 0 Å². The lowest BCUT2D eigenvalue weighted by Gasteiger charge is -2.19. The van der Waals surface area contributed by atoms with Crippen molar-refractivity contribution >= 4 is 16.7 Å². The molecule has 0 spiro atoms. The number of rotatable bonds is 0. The predicted octanol–water partition coefficient (Wildman–Crippen LogP) is 3.98. The minimum atomic E-state index is 0.150. The maximum Gasteiger partial charge on any atom is 0.179 e. The molecule has 2 heteroatoms. The van der Waals surface area contributed by atoms with E-state index in [-0.39, 0.29) is 11.2 Å². The molecule has 2 nitrogen and oxygen atoms in total. The second kappa shape index (κ2) is 3.71. The van der Waals surface area contributed by atoms with Gasteiger partial charge in [0.05, 0.1) is 5.69 Å². The standard InChI is InChI=1S/C16H19NO/c1-16(2,3)10-7-8-13-12(9-10)11-5-4-6-14(18)15(11)17-13/h7-9,17H,4-6H2,1-3H3. The summed E-state index contributed by atoms with van der Waals surface area (Å²) in [4.78, 5) is 15.2. The first-order chi connectivity index (χ1) is 8.47. The van der Waals surface area contributed by atoms with Crippen molar-refractivity contribution in [3.05, 3.63) is 35.0 Å². The molecule has 0 unspecified atom stereocenters. The Morgan fingerprint density at radius 2 is 1.94 bits per heavy atom. The Labute approximate surface area is 107 Å². The number of ketones is 1. The molecule has 18 heavy (non-hydrogen) atoms. The Bertz CT molecular complexity index is 628. The first kappa shape index (κ1) is 11.5. The summed E-state index contributed by atoms with van der Waals surface area (Å²) < 4.78 is 0. The van der Waals surface area contributed by atoms with Crippen molar-refractivity contribution in [1.82, 2.24) is 4.98 Å². The summed E-state index contributed by atoms with van der Waals surface area (Å²) >= 11 is 0. The minimum Gasteiger partial charge on any atom is -0.352 e. The number of H-pyrrole nitrogens is 1. The van der Waals surface area contributed by atoms with Crippen molar-refractivity contribution in [2.24, 2.45) is 0 Å². The van der Waals surface area contributed by atoms with E-state index in [1.54, 1.807) is 0 Å². The molecule has 94 valence electrons. The largest absolute Gasteiger partial charge is 0.352 e. The van der Waals surface area contributed by atoms with Crippen LogP contribution in [0.1, 0.15) is 55.2 Å². The van der Waals surface area contributed by atoms with E-state index in [0.29, 0.717) is 6.42 Å². The molecular formula is C16H19NO. The van der Waals surface area contributed by atoms with Crippen LogP contribution in [0.4, 0.5) is 0 Å². The van der Waals surface area contributed by atoms with Crippen LogP contribution in [0.25, 0.3) is 10.9 Å². The number of nitrogens with one attached hydrogen (secondary N) is 1. The summed E-state index contributed by atoms with van der Waals surface area (Å²) in [5.74, 6) is 0.268. The molecule has 1 aromatic carbocycles. The van der Waals surface area contributed by atoms with E-state index in [4.69, 9.17) is 0 Å². The number of carbonyl (C=O) groups excluding carboxylic acids is 1. The van der Waals surface area contributed by atoms with E-state index in [0.717, 1.165) is 24.1 Å². The maximum absolute atomic E-state index is 11.9. The van der Waals surface area contributed by atoms with Gasteiger partial charge in [0.2, 0.25) is 0 Å². The van der Waals surface area contributed by atoms with Gasteiger partial charge < -0.3 is 4.98 Å². The molecular weight excluding hydrogens is 222 g/mol. The summed E-state index contributed by atoms with van der Waals surface area (Å²) in [6, 6.07) is 6.53. The first-order valence-corrected chi connectivity index (χ1v) is 6.65. The average molecular weight is 241 g/mol. The smallest absolute Gasteiger partial charge is 0.179 e. The number of fused-ring (bicyclic) bond motifs is 3. The van der Waals surface area contributed by atoms with E-state index in [2.05, 4.69) is 44.0 Å². The highest BCUT2D eigenvalue weighted by atomic mass is 16.1. The Hall–Kier alpha value is -1.57. The summed E-state index contributed by atoms with van der Waals surface area (Å²) in [5.41, 5.74) is 4.66. The van der Waals surface area contributed by atoms with Gasteiger partial charge in [-0.1, -0.05) is 26.8 Å². The lowest BCUT2D eigenvalue weighted by Crippen LogP contribution is -2.11. The molecule has 2 aromatic rings. The molecule has 1 N–H and O–H groups in total. The van der Waals surface area contributed by atoms with Crippen LogP contribution in [0, 0.1) is 0 Å². The van der Waals surface area contributed by atoms with Crippen molar-refractivity contribution in [2.75, 3.05) is 0 Å². The Morgan fingerprint density at radius 3 is 2.67 bits per heavy atom. The van der Waals surface area contributed by atoms with Gasteiger partial charge in [-0.3, -0.25) is 4.79 Å². The number of aromatic nitrogens is 1. The lowest BCUT2D eigenvalue weighted by atomic mass is 9.85. The molecule has 0 saturated carbocycles. The van der Waals surface area contributed by atoms with Crippen LogP contribution in [0.15, 0.2) is 18.2 Å². The third kappa shape index (κ3) is 1.67. The predicted molar refractivity (Wildman–Crippen MR) is 74.3 cm³/mol. The third-order valence-electron chi connectivity index (χ3n) is 3.88. The van der Waals surface area contributed by atoms with E-state index in [1.165, 1.54) is 16.5 Å². The van der Waals surface area contributed by atoms with Crippen molar-refractivity contribution in [1.29, 1.82) is 0 Å². The number of aromatic amines is 1. The number of carbonyl (C=O) groups is 1. The number of hydrogen-bond acceptors (Lipinski definition) is 1. The second-order valence-corrected chi connectivity index (χ2v) is 6.27. The fourth-order valence-electron chi connectivity index (χ4n) is 2.76. The van der Waals surface area contributed by atoms with Crippen molar-refractivity contribution in [2.45, 2.75) is 45.4 Å². The van der Waals surface area contributed by atoms with Crippen LogP contribution in [0.5, 0.6) is 0 Å². The summed E-state index contributed by atoms with van der Waals surface area (Å²) in [7, 11) is 0. The summed E-state index contributed by atoms with van der Waals surface area (Å²) in [6.07, 6.45) is 2.69. The van der Waals surface area contributed by atoms with Crippen LogP contribution in [0.3, 0.4) is 0 Å². The molecule has 0 fully saturated rings. The highest BCUT2D eigenvalue weighted by Crippen LogP contribution is 2.32. The fourth-order valence-corrected chi connectivity index (χ4v) is 2.76. The summed E-state index contributed by atoms with van der Waals surface area (Å²) in [6.45, 7) is 6.66. The van der Waals surface area contributed by atoms with Crippen LogP contribution in [-0.2, 0) is 11.8 Å². The van der Waals surface area contributed by atoms with Crippen LogP contribution in [0.2, 0.25) is 0 Å². The highest BCUT2D eigenvalue weighted by Gasteiger charge is 2.23. The fraction of sp³-hybridized carbons (Fsp3) is 0.438. The van der Waals surface area contributed by atoms with Gasteiger partial charge in [-0.05, 0) is 41.5 Å². The monoisotopic (exact) mass is 241 g/mol. The van der Waals surface area contributed by atoms with E-state index in [9.17, 15) is 4.79 Å². The molecule has 0 saturated heterocycles. The topological polar surface area (TPSA) is 32.9 Å². The normalized spacial score (nSPS) is 16.1. The number of benzene rings is 1. The van der Waals surface area contributed by atoms with Crippen molar-refractivity contribution in [3.63, 3.8) is 0 Å². The number of Topliss-reactive ketones (excluding diaryl/α,β-unsaturated/α-hetero) is 1. The number of aryl methyl sites for hydroxylation is 1. The zero-order valence-corrected chi connectivity index (χ0v) is 11.3. The van der Waals surface area contributed by atoms with Gasteiger partial charge >= 0.3 is 0 Å². The van der Waals surface area contributed by atoms with Gasteiger partial charge in [0, 0.05) is 17.3 Å². The third-order valence-corrected chi connectivity index (χ3v) is 3.88. The van der Waals surface area contributed by atoms with Gasteiger partial charge in [0.1, 0.15) is 0 Å².